The number of carbonyl (C=O) groups excluding carboxylic acids is 2. The van der Waals surface area contributed by atoms with Crippen molar-refractivity contribution in [3.63, 3.8) is 0 Å². The van der Waals surface area contributed by atoms with Crippen LogP contribution in [0.2, 0.25) is 0 Å². The molecule has 1 aromatic carbocycles. The number of ether oxygens (including phenoxy) is 1. The van der Waals surface area contributed by atoms with Gasteiger partial charge in [0.15, 0.2) is 0 Å². The minimum Gasteiger partial charge on any atom is -0.376 e. The quantitative estimate of drug-likeness (QED) is 0.761. The lowest BCUT2D eigenvalue weighted by molar-refractivity contribution is 0.0857. The zero-order valence-corrected chi connectivity index (χ0v) is 16.3. The second-order valence-corrected chi connectivity index (χ2v) is 8.04. The first-order valence-corrected chi connectivity index (χ1v) is 9.96. The maximum Gasteiger partial charge on any atom is 0.286 e. The highest BCUT2D eigenvalue weighted by Gasteiger charge is 2.17. The highest BCUT2D eigenvalue weighted by atomic mass is 32.1. The van der Waals surface area contributed by atoms with Crippen LogP contribution in [0.15, 0.2) is 24.3 Å². The third-order valence-corrected chi connectivity index (χ3v) is 5.09. The van der Waals surface area contributed by atoms with Gasteiger partial charge in [-0.2, -0.15) is 0 Å². The summed E-state index contributed by atoms with van der Waals surface area (Å²) < 4.78 is 5.51. The number of aromatic nitrogens is 2. The van der Waals surface area contributed by atoms with Gasteiger partial charge in [0.05, 0.1) is 6.10 Å². The normalized spacial score (nSPS) is 16.5. The summed E-state index contributed by atoms with van der Waals surface area (Å²) in [7, 11) is 0. The van der Waals surface area contributed by atoms with Gasteiger partial charge in [-0.1, -0.05) is 31.3 Å². The number of carbonyl (C=O) groups is 2. The van der Waals surface area contributed by atoms with Gasteiger partial charge >= 0.3 is 0 Å². The van der Waals surface area contributed by atoms with Gasteiger partial charge in [-0.25, -0.2) is 0 Å². The van der Waals surface area contributed by atoms with Crippen molar-refractivity contribution >= 4 is 28.8 Å². The van der Waals surface area contributed by atoms with Gasteiger partial charge in [0, 0.05) is 30.8 Å². The molecular weight excluding hydrogens is 364 g/mol. The van der Waals surface area contributed by atoms with Gasteiger partial charge in [-0.3, -0.25) is 9.59 Å². The molecule has 0 radical (unpaired) electrons. The van der Waals surface area contributed by atoms with Crippen LogP contribution in [-0.2, 0) is 11.2 Å². The second-order valence-electron chi connectivity index (χ2n) is 6.98. The van der Waals surface area contributed by atoms with Crippen LogP contribution >= 0.6 is 11.3 Å². The van der Waals surface area contributed by atoms with E-state index >= 15 is 0 Å². The minimum absolute atomic E-state index is 0.0919. The summed E-state index contributed by atoms with van der Waals surface area (Å²) in [6, 6.07) is 6.84. The Kier molecular flexibility index (Phi) is 6.52. The lowest BCUT2D eigenvalue weighted by Crippen LogP contribution is -2.31. The van der Waals surface area contributed by atoms with Crippen LogP contribution < -0.4 is 10.6 Å². The van der Waals surface area contributed by atoms with Gasteiger partial charge in [-0.15, -0.1) is 10.2 Å². The molecule has 1 saturated heterocycles. The summed E-state index contributed by atoms with van der Waals surface area (Å²) in [5.74, 6) is -0.0464. The van der Waals surface area contributed by atoms with Crippen LogP contribution in [-0.4, -0.2) is 41.3 Å². The van der Waals surface area contributed by atoms with Crippen LogP contribution in [0.1, 0.15) is 51.9 Å². The van der Waals surface area contributed by atoms with E-state index in [9.17, 15) is 9.59 Å². The summed E-state index contributed by atoms with van der Waals surface area (Å²) in [6.07, 6.45) is 2.89. The average molecular weight is 388 g/mol. The third-order valence-electron chi connectivity index (χ3n) is 4.14. The highest BCUT2D eigenvalue weighted by Crippen LogP contribution is 2.17. The molecule has 1 atom stereocenters. The molecule has 2 N–H and O–H groups in total. The maximum absolute atomic E-state index is 12.4. The van der Waals surface area contributed by atoms with E-state index in [1.165, 1.54) is 11.3 Å². The molecule has 0 aliphatic carbocycles. The molecule has 0 bridgehead atoms. The average Bonchev–Trinajstić information content (AvgIpc) is 3.31. The lowest BCUT2D eigenvalue weighted by atomic mass is 10.1. The Bertz CT molecular complexity index is 800. The Hall–Kier alpha value is -2.32. The number of nitrogens with one attached hydrogen (secondary N) is 2. The molecule has 27 heavy (non-hydrogen) atoms. The molecule has 7 nitrogen and oxygen atoms in total. The monoisotopic (exact) mass is 388 g/mol. The van der Waals surface area contributed by atoms with E-state index in [4.69, 9.17) is 4.74 Å². The molecule has 2 amide bonds. The first kappa shape index (κ1) is 19.4. The van der Waals surface area contributed by atoms with E-state index in [2.05, 4.69) is 34.7 Å². The van der Waals surface area contributed by atoms with Crippen molar-refractivity contribution in [1.29, 1.82) is 0 Å². The van der Waals surface area contributed by atoms with Crippen LogP contribution in [0.4, 0.5) is 5.69 Å². The molecule has 0 spiro atoms. The fourth-order valence-electron chi connectivity index (χ4n) is 2.81. The molecule has 0 saturated carbocycles. The number of amides is 2. The van der Waals surface area contributed by atoms with E-state index in [1.807, 2.05) is 0 Å². The van der Waals surface area contributed by atoms with Crippen molar-refractivity contribution in [2.75, 3.05) is 18.5 Å². The lowest BCUT2D eigenvalue weighted by Gasteiger charge is -2.11. The van der Waals surface area contributed by atoms with E-state index < -0.39 is 0 Å². The molecule has 8 heteroatoms. The fraction of sp³-hybridized carbons (Fsp3) is 0.474. The Balaban J connectivity index is 1.58. The standard InChI is InChI=1S/C19H24N4O3S/c1-12(2)9-16-22-23-19(27-16)18(25)21-14-6-3-5-13(10-14)17(24)20-11-15-7-4-8-26-15/h3,5-6,10,12,15H,4,7-9,11H2,1-2H3,(H,20,24)(H,21,25)/t15-/m1/s1. The number of hydrogen-bond donors (Lipinski definition) is 2. The molecule has 1 aliphatic rings. The first-order valence-electron chi connectivity index (χ1n) is 9.15. The van der Waals surface area contributed by atoms with Crippen LogP contribution in [0, 0.1) is 5.92 Å². The van der Waals surface area contributed by atoms with E-state index in [0.717, 1.165) is 30.9 Å². The Labute approximate surface area is 162 Å². The Morgan fingerprint density at radius 3 is 2.89 bits per heavy atom. The molecule has 2 aromatic rings. The highest BCUT2D eigenvalue weighted by molar-refractivity contribution is 7.13. The molecule has 0 unspecified atom stereocenters. The van der Waals surface area contributed by atoms with Gasteiger partial charge in [0.2, 0.25) is 5.01 Å². The SMILES string of the molecule is CC(C)Cc1nnc(C(=O)Nc2cccc(C(=O)NC[C@H]3CCCO3)c2)s1. The number of rotatable bonds is 7. The van der Waals surface area contributed by atoms with Crippen LogP contribution in [0.3, 0.4) is 0 Å². The molecule has 1 aliphatic heterocycles. The number of hydrogen-bond acceptors (Lipinski definition) is 6. The summed E-state index contributed by atoms with van der Waals surface area (Å²) in [4.78, 5) is 24.7. The van der Waals surface area contributed by atoms with Crippen molar-refractivity contribution in [2.24, 2.45) is 5.92 Å². The minimum atomic E-state index is -0.320. The summed E-state index contributed by atoms with van der Waals surface area (Å²) in [6.45, 7) is 5.44. The molecular formula is C19H24N4O3S. The van der Waals surface area contributed by atoms with Crippen molar-refractivity contribution < 1.29 is 14.3 Å². The summed E-state index contributed by atoms with van der Waals surface area (Å²) in [5, 5.41) is 14.8. The van der Waals surface area contributed by atoms with Gasteiger partial charge in [0.1, 0.15) is 5.01 Å². The molecule has 3 rings (SSSR count). The predicted octanol–water partition coefficient (Wildman–Crippen LogP) is 2.90. The number of nitrogens with zero attached hydrogens (tertiary/aromatic N) is 2. The van der Waals surface area contributed by atoms with Crippen molar-refractivity contribution in [2.45, 2.75) is 39.2 Å². The molecule has 1 aromatic heterocycles. The van der Waals surface area contributed by atoms with E-state index in [1.54, 1.807) is 24.3 Å². The zero-order chi connectivity index (χ0) is 19.2. The van der Waals surface area contributed by atoms with Crippen molar-refractivity contribution in [3.8, 4) is 0 Å². The maximum atomic E-state index is 12.4. The number of anilines is 1. The number of benzene rings is 1. The second kappa shape index (κ2) is 9.05. The van der Waals surface area contributed by atoms with E-state index in [0.29, 0.717) is 28.7 Å². The van der Waals surface area contributed by atoms with Crippen LogP contribution in [0.5, 0.6) is 0 Å². The molecule has 144 valence electrons. The Morgan fingerprint density at radius 1 is 1.30 bits per heavy atom. The Morgan fingerprint density at radius 2 is 2.15 bits per heavy atom. The van der Waals surface area contributed by atoms with Crippen molar-refractivity contribution in [1.82, 2.24) is 15.5 Å². The van der Waals surface area contributed by atoms with E-state index in [-0.39, 0.29) is 17.9 Å². The molecule has 2 heterocycles. The van der Waals surface area contributed by atoms with Gasteiger partial charge in [-0.05, 0) is 37.0 Å². The van der Waals surface area contributed by atoms with Gasteiger partial charge < -0.3 is 15.4 Å². The first-order chi connectivity index (χ1) is 13.0. The third kappa shape index (κ3) is 5.58. The smallest absolute Gasteiger partial charge is 0.286 e. The topological polar surface area (TPSA) is 93.2 Å². The predicted molar refractivity (Wildman–Crippen MR) is 104 cm³/mol. The molecule has 1 fully saturated rings. The largest absolute Gasteiger partial charge is 0.376 e. The summed E-state index contributed by atoms with van der Waals surface area (Å²) in [5.41, 5.74) is 1.04. The zero-order valence-electron chi connectivity index (χ0n) is 15.5. The van der Waals surface area contributed by atoms with Crippen LogP contribution in [0.25, 0.3) is 0 Å². The summed E-state index contributed by atoms with van der Waals surface area (Å²) >= 11 is 1.29. The van der Waals surface area contributed by atoms with Crippen molar-refractivity contribution in [3.05, 3.63) is 39.8 Å². The fourth-order valence-corrected chi connectivity index (χ4v) is 3.76. The van der Waals surface area contributed by atoms with Gasteiger partial charge in [0.25, 0.3) is 11.8 Å².